The fourth-order valence-electron chi connectivity index (χ4n) is 2.74. The van der Waals surface area contributed by atoms with Gasteiger partial charge in [0.2, 0.25) is 0 Å². The van der Waals surface area contributed by atoms with Crippen molar-refractivity contribution < 1.29 is 46.5 Å². The molecule has 4 rings (SSSR count). The third-order valence-corrected chi connectivity index (χ3v) is 6.58. The molecule has 1 atom stereocenters. The number of hydrogen-bond donors (Lipinski definition) is 0. The van der Waals surface area contributed by atoms with Crippen molar-refractivity contribution in [3.05, 3.63) is 65.5 Å². The molecule has 1 aliphatic carbocycles. The maximum atomic E-state index is 3.47. The molecule has 4 heteroatoms. The number of halogens is 2. The minimum absolute atomic E-state index is 0. The van der Waals surface area contributed by atoms with Crippen LogP contribution in [0.5, 0.6) is 0 Å². The van der Waals surface area contributed by atoms with E-state index in [2.05, 4.69) is 61.5 Å². The van der Waals surface area contributed by atoms with Crippen molar-refractivity contribution in [2.45, 2.75) is 26.2 Å². The van der Waals surface area contributed by atoms with Gasteiger partial charge in [-0.1, -0.05) is 25.6 Å². The maximum absolute atomic E-state index is 3.47. The molecular formula is C19H21Cl2PTi. The average molecular weight is 399 g/mol. The van der Waals surface area contributed by atoms with Crippen molar-refractivity contribution in [1.29, 1.82) is 0 Å². The molecule has 2 aliphatic rings. The monoisotopic (exact) mass is 398 g/mol. The molecule has 0 nitrogen and oxygen atoms in total. The topological polar surface area (TPSA) is 0 Å². The molecule has 2 aromatic rings. The van der Waals surface area contributed by atoms with E-state index in [1.807, 2.05) is 0 Å². The molecule has 1 unspecified atom stereocenters. The van der Waals surface area contributed by atoms with Crippen LogP contribution in [-0.4, -0.2) is 12.3 Å². The molecule has 1 saturated heterocycles. The van der Waals surface area contributed by atoms with Crippen molar-refractivity contribution in [2.75, 3.05) is 12.3 Å². The van der Waals surface area contributed by atoms with Crippen molar-refractivity contribution in [3.8, 4) is 0 Å². The molecule has 120 valence electrons. The number of allylic oxidation sites excluding steroid dienone is 4. The molecule has 0 saturated carbocycles. The Morgan fingerprint density at radius 2 is 1.96 bits per heavy atom. The van der Waals surface area contributed by atoms with Gasteiger partial charge in [0.25, 0.3) is 0 Å². The van der Waals surface area contributed by atoms with Crippen molar-refractivity contribution in [3.63, 3.8) is 0 Å². The fraction of sp³-hybridized carbons (Fsp3) is 0.316. The quantitative estimate of drug-likeness (QED) is 0.383. The normalized spacial score (nSPS) is 17.0. The first-order chi connectivity index (χ1) is 9.88. The van der Waals surface area contributed by atoms with E-state index in [0.29, 0.717) is 7.92 Å². The molecule has 0 N–H and O–H groups in total. The third-order valence-electron chi connectivity index (χ3n) is 3.93. The first kappa shape index (κ1) is 23.0. The molecule has 1 fully saturated rings. The summed E-state index contributed by atoms with van der Waals surface area (Å²) in [6.45, 7) is 2.28. The number of unbranched alkanes of at least 4 members (excludes halogenated alkanes) is 1. The molecule has 0 bridgehead atoms. The Morgan fingerprint density at radius 3 is 2.65 bits per heavy atom. The van der Waals surface area contributed by atoms with Crippen molar-refractivity contribution in [2.24, 2.45) is 0 Å². The summed E-state index contributed by atoms with van der Waals surface area (Å²) < 4.78 is 0. The Bertz CT molecular complexity index is 615. The van der Waals surface area contributed by atoms with E-state index in [-0.39, 0.29) is 46.5 Å². The fourth-order valence-corrected chi connectivity index (χ4v) is 5.30. The molecule has 0 amide bonds. The largest absolute Gasteiger partial charge is 4.00 e. The van der Waals surface area contributed by atoms with Crippen molar-refractivity contribution in [1.82, 2.24) is 0 Å². The van der Waals surface area contributed by atoms with Gasteiger partial charge in [0.1, 0.15) is 0 Å². The van der Waals surface area contributed by atoms with Gasteiger partial charge >= 0.3 is 21.7 Å². The van der Waals surface area contributed by atoms with Crippen LogP contribution in [0.25, 0.3) is 10.8 Å². The summed E-state index contributed by atoms with van der Waals surface area (Å²) in [5, 5.41) is 4.29. The van der Waals surface area contributed by atoms with Gasteiger partial charge in [-0.15, -0.1) is 44.0 Å². The van der Waals surface area contributed by atoms with Gasteiger partial charge in [-0.3, -0.25) is 6.08 Å². The van der Waals surface area contributed by atoms with Crippen LogP contribution in [0.2, 0.25) is 0 Å². The van der Waals surface area contributed by atoms with E-state index in [0.717, 1.165) is 6.42 Å². The Hall–Kier alpha value is 0.0343. The molecule has 23 heavy (non-hydrogen) atoms. The van der Waals surface area contributed by atoms with Crippen LogP contribution in [0.15, 0.2) is 59.4 Å². The zero-order valence-electron chi connectivity index (χ0n) is 13.4. The van der Waals surface area contributed by atoms with E-state index in [9.17, 15) is 0 Å². The predicted molar refractivity (Wildman–Crippen MR) is 90.6 cm³/mol. The summed E-state index contributed by atoms with van der Waals surface area (Å²) in [5.41, 5.74) is 1.63. The number of hydrogen-bond acceptors (Lipinski definition) is 0. The van der Waals surface area contributed by atoms with E-state index < -0.39 is 0 Å². The summed E-state index contributed by atoms with van der Waals surface area (Å²) >= 11 is 0. The average Bonchev–Trinajstić information content (AvgIpc) is 3.07. The van der Waals surface area contributed by atoms with Gasteiger partial charge in [-0.05, 0) is 12.6 Å². The van der Waals surface area contributed by atoms with E-state index in [4.69, 9.17) is 0 Å². The van der Waals surface area contributed by atoms with Crippen LogP contribution < -0.4 is 24.8 Å². The Kier molecular flexibility index (Phi) is 11.6. The predicted octanol–water partition coefficient (Wildman–Crippen LogP) is -0.137. The van der Waals surface area contributed by atoms with Gasteiger partial charge in [-0.2, -0.15) is 34.5 Å². The van der Waals surface area contributed by atoms with E-state index in [1.165, 1.54) is 35.9 Å². The van der Waals surface area contributed by atoms with Crippen LogP contribution >= 0.6 is 7.92 Å². The van der Waals surface area contributed by atoms with Gasteiger partial charge in [0, 0.05) is 0 Å². The van der Waals surface area contributed by atoms with Gasteiger partial charge < -0.3 is 24.8 Å². The van der Waals surface area contributed by atoms with Gasteiger partial charge in [-0.25, -0.2) is 0 Å². The standard InChI is InChI=1S/C10H14P.C9H7.2ClH.Ti/c1-2-3-7-11-8-9-5-4-6-10(9)11;1-2-5-9-7-3-6-8(9)4-1;;;/h5H,2-4,7-8H2,1H3;1-7H;2*1H;/q2*-1;;;+4/p-2. The minimum Gasteiger partial charge on any atom is -1.00 e. The van der Waals surface area contributed by atoms with Gasteiger partial charge in [0.15, 0.2) is 0 Å². The number of rotatable bonds is 3. The molecule has 0 radical (unpaired) electrons. The van der Waals surface area contributed by atoms with Crippen LogP contribution in [0, 0.1) is 6.08 Å². The van der Waals surface area contributed by atoms with Crippen LogP contribution in [-0.2, 0) is 21.7 Å². The molecule has 0 spiro atoms. The second-order valence-corrected chi connectivity index (χ2v) is 7.68. The zero-order valence-corrected chi connectivity index (χ0v) is 17.3. The molecular weight excluding hydrogens is 378 g/mol. The van der Waals surface area contributed by atoms with E-state index >= 15 is 0 Å². The smallest absolute Gasteiger partial charge is 1.00 e. The number of fused-ring (bicyclic) bond motifs is 2. The zero-order chi connectivity index (χ0) is 13.8. The first-order valence-electron chi connectivity index (χ1n) is 7.54. The SMILES string of the molecule is CCCCP1CC2=CC[C-]=C21.[Cl-].[Cl-].[Ti+4].c1ccc2[cH-]ccc2c1. The first-order valence-corrected chi connectivity index (χ1v) is 9.25. The second-order valence-electron chi connectivity index (χ2n) is 5.39. The molecule has 2 aromatic carbocycles. The summed E-state index contributed by atoms with van der Waals surface area (Å²) in [6.07, 6.45) is 12.6. The Balaban J connectivity index is 0.000000377. The van der Waals surface area contributed by atoms with Crippen LogP contribution in [0.4, 0.5) is 0 Å². The van der Waals surface area contributed by atoms with Gasteiger partial charge in [0.05, 0.1) is 0 Å². The Labute approximate surface area is 168 Å². The van der Waals surface area contributed by atoms with E-state index in [1.54, 1.807) is 10.9 Å². The van der Waals surface area contributed by atoms with Crippen LogP contribution in [0.3, 0.4) is 0 Å². The summed E-state index contributed by atoms with van der Waals surface area (Å²) in [6, 6.07) is 14.7. The van der Waals surface area contributed by atoms with Crippen LogP contribution in [0.1, 0.15) is 26.2 Å². The molecule has 0 aromatic heterocycles. The minimum atomic E-state index is 0. The number of benzene rings is 1. The summed E-state index contributed by atoms with van der Waals surface area (Å²) in [7, 11) is 0.293. The third kappa shape index (κ3) is 5.80. The van der Waals surface area contributed by atoms with Crippen molar-refractivity contribution >= 4 is 18.7 Å². The molecule has 1 heterocycles. The Morgan fingerprint density at radius 1 is 1.17 bits per heavy atom. The molecule has 1 aliphatic heterocycles. The summed E-state index contributed by atoms with van der Waals surface area (Å²) in [5.74, 6) is 0. The summed E-state index contributed by atoms with van der Waals surface area (Å²) in [4.78, 5) is 0. The second kappa shape index (κ2) is 11.6. The maximum Gasteiger partial charge on any atom is 4.00 e.